The van der Waals surface area contributed by atoms with Crippen molar-refractivity contribution in [2.75, 3.05) is 79.0 Å². The van der Waals surface area contributed by atoms with Crippen LogP contribution in [0.5, 0.6) is 0 Å². The Hall–Kier alpha value is -0.710. The van der Waals surface area contributed by atoms with Gasteiger partial charge in [0.05, 0.1) is 64.9 Å². The van der Waals surface area contributed by atoms with Crippen molar-refractivity contribution in [3.05, 3.63) is 0 Å². The molecule has 0 fully saturated rings. The van der Waals surface area contributed by atoms with E-state index in [-0.39, 0.29) is 135 Å². The molecular formula is C87H170N4Na2O17P2. The molecule has 0 bridgehead atoms. The van der Waals surface area contributed by atoms with Crippen LogP contribution in [0.15, 0.2) is 0 Å². The standard InChI is InChI=1S/C87H172N4O17P2.2Na/c1-9-15-21-27-31-35-37-39-43-47-53-59-69-90(79(7)92)81(75-101-71-65-83(61-55-49-25-19-13-5)107-85(94)63-57-51-45-41-33-29-23-17-11-3)77-105-109(97,98)103-73-67-88-87(96)89-68-74-104-110(99,100)106-78-82(91(80(8)93)70-60-54-48-44-40-38-36-32-28-22-16-10-2)76-102-72-66-84(62-56-50-26-20-14-6)108-86(95)64-58-52-46-42-34-30-24-18-12-4;;/h81-84H,9-78H2,1-8H3,(H,97,98)(H,99,100)(H2,88,89,96);;/q;2*+1/p-2/t81-,82-,83-,84-;;/m1../s1. The molecule has 25 heteroatoms. The van der Waals surface area contributed by atoms with Crippen molar-refractivity contribution in [1.82, 2.24) is 20.4 Å². The first-order valence-electron chi connectivity index (χ1n) is 45.7. The first-order valence-corrected chi connectivity index (χ1v) is 48.6. The van der Waals surface area contributed by atoms with Gasteiger partial charge in [-0.25, -0.2) is 4.79 Å². The van der Waals surface area contributed by atoms with Gasteiger partial charge in [0.2, 0.25) is 11.8 Å². The summed E-state index contributed by atoms with van der Waals surface area (Å²) in [6.45, 7) is 14.9. The van der Waals surface area contributed by atoms with Gasteiger partial charge in [0.1, 0.15) is 12.2 Å². The first kappa shape index (κ1) is 115. The summed E-state index contributed by atoms with van der Waals surface area (Å²) in [5.74, 6) is -0.895. The number of amides is 4. The summed E-state index contributed by atoms with van der Waals surface area (Å²) in [6.07, 6.45) is 61.6. The Balaban J connectivity index is -0.0000594. The van der Waals surface area contributed by atoms with E-state index in [0.717, 1.165) is 167 Å². The molecule has 4 amide bonds. The molecule has 0 aliphatic rings. The quantitative estimate of drug-likeness (QED) is 0.0248. The molecule has 2 unspecified atom stereocenters. The average molecular weight is 1650 g/mol. The van der Waals surface area contributed by atoms with Crippen LogP contribution in [-0.2, 0) is 65.4 Å². The van der Waals surface area contributed by atoms with Gasteiger partial charge in [-0.3, -0.25) is 28.3 Å². The Bertz CT molecular complexity index is 2080. The first-order chi connectivity index (χ1) is 53.4. The van der Waals surface area contributed by atoms with Gasteiger partial charge in [-0.05, 0) is 51.4 Å². The fourth-order valence-corrected chi connectivity index (χ4v) is 15.5. The number of carbonyl (C=O) groups excluding carboxylic acids is 5. The topological polar surface area (TPSA) is 270 Å². The second-order valence-corrected chi connectivity index (χ2v) is 34.2. The number of hydrogen-bond donors (Lipinski definition) is 2. The molecule has 21 nitrogen and oxygen atoms in total. The number of phosphoric ester groups is 2. The molecule has 652 valence electrons. The summed E-state index contributed by atoms with van der Waals surface area (Å²) in [4.78, 5) is 95.6. The van der Waals surface area contributed by atoms with Crippen molar-refractivity contribution < 1.29 is 139 Å². The SMILES string of the molecule is CCCCCCCCCCCCCCN(C(C)=O)[C@H](COCC[C@@H](CCCCCCC)OC(=O)CCCCCCCCCCC)COP(=O)([O-])OCCNC(=O)NCCOP(=O)([O-])OC[C@@H](COCC[C@@H](CCCCCCC)OC(=O)CCCCCCCCCCC)N(CCCCCCCCCCCCCC)C(C)=O.[Na+].[Na+]. The summed E-state index contributed by atoms with van der Waals surface area (Å²) in [7, 11) is -9.98. The maximum absolute atomic E-state index is 13.3. The van der Waals surface area contributed by atoms with Crippen LogP contribution in [0.2, 0.25) is 0 Å². The number of hydrogen-bond acceptors (Lipinski definition) is 17. The number of rotatable bonds is 86. The van der Waals surface area contributed by atoms with E-state index in [4.69, 9.17) is 37.0 Å². The number of phosphoric acid groups is 2. The van der Waals surface area contributed by atoms with E-state index in [1.165, 1.54) is 194 Å². The summed E-state index contributed by atoms with van der Waals surface area (Å²) in [6, 6.07) is -2.31. The van der Waals surface area contributed by atoms with Gasteiger partial charge in [-0.15, -0.1) is 0 Å². The third-order valence-corrected chi connectivity index (χ3v) is 22.9. The number of urea groups is 1. The molecule has 6 atom stereocenters. The molecule has 0 spiro atoms. The summed E-state index contributed by atoms with van der Waals surface area (Å²) >= 11 is 0. The monoisotopic (exact) mass is 1650 g/mol. The molecule has 0 aliphatic carbocycles. The minimum Gasteiger partial charge on any atom is -0.756 e. The Morgan fingerprint density at radius 1 is 0.312 bits per heavy atom. The molecule has 0 radical (unpaired) electrons. The molecule has 0 aliphatic heterocycles. The van der Waals surface area contributed by atoms with Crippen LogP contribution in [0, 0.1) is 0 Å². The number of nitrogens with one attached hydrogen (secondary N) is 2. The Morgan fingerprint density at radius 2 is 0.554 bits per heavy atom. The third-order valence-electron chi connectivity index (χ3n) is 20.9. The largest absolute Gasteiger partial charge is 1.00 e. The van der Waals surface area contributed by atoms with E-state index in [2.05, 4.69) is 52.2 Å². The van der Waals surface area contributed by atoms with Gasteiger partial charge in [-0.1, -0.05) is 337 Å². The molecule has 0 saturated heterocycles. The minimum atomic E-state index is -4.99. The van der Waals surface area contributed by atoms with Crippen LogP contribution in [0.1, 0.15) is 428 Å². The predicted molar refractivity (Wildman–Crippen MR) is 446 cm³/mol. The molecule has 112 heavy (non-hydrogen) atoms. The van der Waals surface area contributed by atoms with E-state index in [1.54, 1.807) is 9.80 Å². The van der Waals surface area contributed by atoms with Crippen LogP contribution >= 0.6 is 15.6 Å². The number of ether oxygens (including phenoxy) is 4. The van der Waals surface area contributed by atoms with E-state index in [9.17, 15) is 42.9 Å². The van der Waals surface area contributed by atoms with Gasteiger partial charge in [0.25, 0.3) is 15.6 Å². The molecular weight excluding hydrogens is 1480 g/mol. The second-order valence-electron chi connectivity index (χ2n) is 31.4. The van der Waals surface area contributed by atoms with Gasteiger partial charge in [0.15, 0.2) is 0 Å². The summed E-state index contributed by atoms with van der Waals surface area (Å²) in [5, 5.41) is 4.97. The minimum absolute atomic E-state index is 0. The van der Waals surface area contributed by atoms with Crippen LogP contribution in [0.25, 0.3) is 0 Å². The summed E-state index contributed by atoms with van der Waals surface area (Å²) in [5.41, 5.74) is 0. The van der Waals surface area contributed by atoms with E-state index in [0.29, 0.717) is 38.8 Å². The van der Waals surface area contributed by atoms with Crippen molar-refractivity contribution in [2.24, 2.45) is 0 Å². The number of unbranched alkanes of at least 4 members (excludes halogenated alkanes) is 46. The van der Waals surface area contributed by atoms with Crippen LogP contribution in [0.4, 0.5) is 4.79 Å². The molecule has 0 aromatic heterocycles. The maximum Gasteiger partial charge on any atom is 1.00 e. The summed E-state index contributed by atoms with van der Waals surface area (Å²) < 4.78 is 72.3. The van der Waals surface area contributed by atoms with E-state index < -0.39 is 60.2 Å². The van der Waals surface area contributed by atoms with E-state index >= 15 is 0 Å². The van der Waals surface area contributed by atoms with Gasteiger partial charge in [0, 0.05) is 65.7 Å². The van der Waals surface area contributed by atoms with Gasteiger partial charge in [-0.2, -0.15) is 0 Å². The molecule has 0 aromatic rings. The van der Waals surface area contributed by atoms with Crippen LogP contribution in [0.3, 0.4) is 0 Å². The molecule has 2 N–H and O–H groups in total. The second kappa shape index (κ2) is 85.3. The van der Waals surface area contributed by atoms with Crippen molar-refractivity contribution in [3.8, 4) is 0 Å². The third kappa shape index (κ3) is 76.7. The maximum atomic E-state index is 13.3. The predicted octanol–water partition coefficient (Wildman–Crippen LogP) is 16.3. The zero-order valence-electron chi connectivity index (χ0n) is 74.0. The fraction of sp³-hybridized carbons (Fsp3) is 0.943. The Kier molecular flexibility index (Phi) is 87.9. The normalized spacial score (nSPS) is 13.6. The van der Waals surface area contributed by atoms with Crippen molar-refractivity contribution >= 4 is 45.4 Å². The van der Waals surface area contributed by atoms with Crippen LogP contribution in [-0.4, -0.2) is 143 Å². The van der Waals surface area contributed by atoms with Crippen LogP contribution < -0.4 is 79.5 Å². The molecule has 0 rings (SSSR count). The zero-order chi connectivity index (χ0) is 80.9. The van der Waals surface area contributed by atoms with E-state index in [1.807, 2.05) is 0 Å². The fourth-order valence-electron chi connectivity index (χ4n) is 14.0. The average Bonchev–Trinajstić information content (AvgIpc) is 0.882. The molecule has 0 aromatic carbocycles. The van der Waals surface area contributed by atoms with Crippen molar-refractivity contribution in [1.29, 1.82) is 0 Å². The van der Waals surface area contributed by atoms with Gasteiger partial charge < -0.3 is 67.3 Å². The smallest absolute Gasteiger partial charge is 0.756 e. The Labute approximate surface area is 730 Å². The number of esters is 2. The zero-order valence-corrected chi connectivity index (χ0v) is 79.8. The number of carbonyl (C=O) groups is 5. The van der Waals surface area contributed by atoms with Crippen molar-refractivity contribution in [2.45, 2.75) is 452 Å². The number of nitrogens with zero attached hydrogens (tertiary/aromatic N) is 2. The molecule has 0 saturated carbocycles. The van der Waals surface area contributed by atoms with Crippen molar-refractivity contribution in [3.63, 3.8) is 0 Å². The van der Waals surface area contributed by atoms with Gasteiger partial charge >= 0.3 is 77.1 Å². The Morgan fingerprint density at radius 3 is 0.812 bits per heavy atom. The molecule has 0 heterocycles.